The van der Waals surface area contributed by atoms with Crippen molar-refractivity contribution in [2.24, 2.45) is 17.8 Å². The van der Waals surface area contributed by atoms with E-state index in [1.54, 1.807) is 48.1 Å². The van der Waals surface area contributed by atoms with E-state index in [9.17, 15) is 13.6 Å². The number of nitrogens with zero attached hydrogens (tertiary/aromatic N) is 4. The van der Waals surface area contributed by atoms with Crippen LogP contribution in [0.2, 0.25) is 0 Å². The van der Waals surface area contributed by atoms with Crippen LogP contribution in [0.25, 0.3) is 16.8 Å². The molecule has 7 nitrogen and oxygen atoms in total. The van der Waals surface area contributed by atoms with Gasteiger partial charge in [-0.1, -0.05) is 18.2 Å². The number of carbonyl (C=O) groups is 1. The fourth-order valence-electron chi connectivity index (χ4n) is 6.55. The van der Waals surface area contributed by atoms with Crippen LogP contribution >= 0.6 is 0 Å². The van der Waals surface area contributed by atoms with Crippen molar-refractivity contribution in [1.82, 2.24) is 19.4 Å². The number of aromatic nitrogens is 4. The van der Waals surface area contributed by atoms with E-state index in [1.165, 1.54) is 19.2 Å². The predicted octanol–water partition coefficient (Wildman–Crippen LogP) is 6.12. The first-order valence-electron chi connectivity index (χ1n) is 13.4. The molecule has 0 aliphatic heterocycles. The molecule has 0 amide bonds. The van der Waals surface area contributed by atoms with E-state index in [-0.39, 0.29) is 35.9 Å². The number of ether oxygens (including phenoxy) is 2. The topological polar surface area (TPSA) is 78.6 Å². The predicted molar refractivity (Wildman–Crippen MR) is 140 cm³/mol. The average molecular weight is 551 g/mol. The molecule has 4 aromatic rings. The lowest BCUT2D eigenvalue weighted by molar-refractivity contribution is -0.151. The third kappa shape index (κ3) is 4.80. The number of benzene rings is 1. The minimum absolute atomic E-state index is 0.0539. The molecule has 4 unspecified atom stereocenters. The van der Waals surface area contributed by atoms with Gasteiger partial charge in [0.2, 0.25) is 0 Å². The van der Waals surface area contributed by atoms with Crippen molar-refractivity contribution in [1.29, 1.82) is 0 Å². The molecule has 3 fully saturated rings. The Labute approximate surface area is 229 Å². The number of aryl methyl sites for hydroxylation is 1. The second-order valence-corrected chi connectivity index (χ2v) is 10.7. The lowest BCUT2D eigenvalue weighted by Gasteiger charge is -2.45. The van der Waals surface area contributed by atoms with E-state index in [0.29, 0.717) is 33.9 Å². The highest BCUT2D eigenvalue weighted by Crippen LogP contribution is 2.52. The number of rotatable bonds is 7. The van der Waals surface area contributed by atoms with Crippen molar-refractivity contribution >= 4 is 11.6 Å². The van der Waals surface area contributed by atoms with Gasteiger partial charge in [0.1, 0.15) is 23.0 Å². The molecule has 3 aromatic heterocycles. The number of alkyl halides is 2. The van der Waals surface area contributed by atoms with E-state index in [0.717, 1.165) is 37.2 Å². The first kappa shape index (κ1) is 26.3. The number of para-hydroxylation sites is 1. The zero-order valence-corrected chi connectivity index (χ0v) is 22.2. The Hall–Kier alpha value is -3.95. The van der Waals surface area contributed by atoms with Crippen molar-refractivity contribution in [3.05, 3.63) is 77.5 Å². The molecule has 10 heteroatoms. The van der Waals surface area contributed by atoms with Gasteiger partial charge in [0.25, 0.3) is 0 Å². The molecular formula is C30H29F3N4O3. The minimum Gasteiger partial charge on any atom is -0.469 e. The Balaban J connectivity index is 1.28. The summed E-state index contributed by atoms with van der Waals surface area (Å²) in [6.45, 7) is -1.14. The zero-order chi connectivity index (χ0) is 28.0. The summed E-state index contributed by atoms with van der Waals surface area (Å²) in [5, 5.41) is 0. The standard InChI is InChI=1S/C30H29F3N4O3/c1-16-25(11-19-5-3-4-6-26(19)40-30(32)33)37-15-23(24(31)12-27(37)36-16)20-13-34-28(35-14-20)21-9-18-8-7-17(21)10-22(18)29(38)39-2/h3-6,12-15,17-18,21-22,30H,7-11H2,1-2H3. The Morgan fingerprint density at radius 2 is 1.88 bits per heavy atom. The van der Waals surface area contributed by atoms with Crippen LogP contribution in [0.1, 0.15) is 54.4 Å². The first-order valence-corrected chi connectivity index (χ1v) is 13.4. The number of carbonyl (C=O) groups excluding carboxylic acids is 1. The molecule has 1 aromatic carbocycles. The number of imidazole rings is 1. The Bertz CT molecular complexity index is 1560. The number of halogens is 3. The van der Waals surface area contributed by atoms with Crippen LogP contribution in [0.5, 0.6) is 5.75 Å². The molecule has 4 atom stereocenters. The summed E-state index contributed by atoms with van der Waals surface area (Å²) in [4.78, 5) is 25.9. The van der Waals surface area contributed by atoms with Crippen LogP contribution in [0, 0.1) is 30.5 Å². The zero-order valence-electron chi connectivity index (χ0n) is 22.2. The van der Waals surface area contributed by atoms with Gasteiger partial charge in [-0.15, -0.1) is 0 Å². The second-order valence-electron chi connectivity index (χ2n) is 10.7. The van der Waals surface area contributed by atoms with E-state index >= 15 is 4.39 Å². The minimum atomic E-state index is -2.94. The van der Waals surface area contributed by atoms with Crippen molar-refractivity contribution in [2.45, 2.75) is 51.6 Å². The van der Waals surface area contributed by atoms with Gasteiger partial charge in [0.05, 0.1) is 18.7 Å². The van der Waals surface area contributed by atoms with Crippen LogP contribution in [-0.4, -0.2) is 39.0 Å². The SMILES string of the molecule is COC(=O)C1CC2CCC1CC2c1ncc(-c2cn3c(Cc4ccccc4OC(F)F)c(C)nc3cc2F)cn1. The smallest absolute Gasteiger partial charge is 0.387 e. The van der Waals surface area contributed by atoms with Crippen molar-refractivity contribution < 1.29 is 27.4 Å². The van der Waals surface area contributed by atoms with E-state index in [4.69, 9.17) is 9.47 Å². The molecule has 40 heavy (non-hydrogen) atoms. The summed E-state index contributed by atoms with van der Waals surface area (Å²) in [7, 11) is 1.44. The van der Waals surface area contributed by atoms with Gasteiger partial charge in [-0.25, -0.2) is 19.3 Å². The van der Waals surface area contributed by atoms with Gasteiger partial charge in [-0.2, -0.15) is 8.78 Å². The highest BCUT2D eigenvalue weighted by Gasteiger charge is 2.46. The van der Waals surface area contributed by atoms with Gasteiger partial charge in [0.15, 0.2) is 0 Å². The van der Waals surface area contributed by atoms with Crippen molar-refractivity contribution in [3.8, 4) is 16.9 Å². The maximum absolute atomic E-state index is 15.3. The Morgan fingerprint density at radius 3 is 2.58 bits per heavy atom. The van der Waals surface area contributed by atoms with Crippen molar-refractivity contribution in [3.63, 3.8) is 0 Å². The largest absolute Gasteiger partial charge is 0.469 e. The maximum atomic E-state index is 15.3. The summed E-state index contributed by atoms with van der Waals surface area (Å²) in [5.41, 5.74) is 3.21. The molecule has 3 saturated carbocycles. The second kappa shape index (κ2) is 10.6. The molecule has 7 rings (SSSR count). The van der Waals surface area contributed by atoms with Gasteiger partial charge >= 0.3 is 12.6 Å². The summed E-state index contributed by atoms with van der Waals surface area (Å²) >= 11 is 0. The molecule has 0 N–H and O–H groups in total. The summed E-state index contributed by atoms with van der Waals surface area (Å²) in [6, 6.07) is 7.96. The molecule has 3 aliphatic rings. The summed E-state index contributed by atoms with van der Waals surface area (Å²) in [6.07, 6.45) is 8.88. The van der Waals surface area contributed by atoms with Gasteiger partial charge < -0.3 is 13.9 Å². The normalized spacial score (nSPS) is 22.1. The van der Waals surface area contributed by atoms with Crippen LogP contribution in [-0.2, 0) is 16.0 Å². The monoisotopic (exact) mass is 550 g/mol. The van der Waals surface area contributed by atoms with Gasteiger partial charge in [-0.3, -0.25) is 4.79 Å². The van der Waals surface area contributed by atoms with Crippen LogP contribution in [0.15, 0.2) is 48.9 Å². The highest BCUT2D eigenvalue weighted by molar-refractivity contribution is 5.73. The fraction of sp³-hybridized carbons (Fsp3) is 0.400. The fourth-order valence-corrected chi connectivity index (χ4v) is 6.55. The van der Waals surface area contributed by atoms with Gasteiger partial charge in [-0.05, 0) is 50.5 Å². The number of hydrogen-bond donors (Lipinski definition) is 0. The molecule has 0 radical (unpaired) electrons. The van der Waals surface area contributed by atoms with Crippen LogP contribution < -0.4 is 4.74 Å². The Morgan fingerprint density at radius 1 is 1.12 bits per heavy atom. The maximum Gasteiger partial charge on any atom is 0.387 e. The lowest BCUT2D eigenvalue weighted by Crippen LogP contribution is -2.41. The highest BCUT2D eigenvalue weighted by atomic mass is 19.3. The van der Waals surface area contributed by atoms with Crippen molar-refractivity contribution in [2.75, 3.05) is 7.11 Å². The third-order valence-corrected chi connectivity index (χ3v) is 8.53. The summed E-state index contributed by atoms with van der Waals surface area (Å²) < 4.78 is 52.6. The summed E-state index contributed by atoms with van der Waals surface area (Å²) in [5.74, 6) is 0.923. The number of esters is 1. The third-order valence-electron chi connectivity index (χ3n) is 8.53. The molecule has 0 spiro atoms. The average Bonchev–Trinajstić information content (AvgIpc) is 3.26. The molecule has 3 aliphatic carbocycles. The first-order chi connectivity index (χ1) is 19.3. The van der Waals surface area contributed by atoms with Crippen LogP contribution in [0.3, 0.4) is 0 Å². The lowest BCUT2D eigenvalue weighted by atomic mass is 9.59. The molecular weight excluding hydrogens is 521 g/mol. The molecule has 208 valence electrons. The van der Waals surface area contributed by atoms with E-state index in [1.807, 2.05) is 0 Å². The number of pyridine rings is 1. The molecule has 2 bridgehead atoms. The number of methoxy groups -OCH3 is 1. The van der Waals surface area contributed by atoms with Crippen LogP contribution in [0.4, 0.5) is 13.2 Å². The molecule has 0 saturated heterocycles. The molecule has 3 heterocycles. The number of fused-ring (bicyclic) bond motifs is 4. The van der Waals surface area contributed by atoms with Gasteiger partial charge in [0, 0.05) is 59.4 Å². The van der Waals surface area contributed by atoms with E-state index < -0.39 is 12.4 Å². The number of hydrogen-bond acceptors (Lipinski definition) is 6. The van der Waals surface area contributed by atoms with E-state index in [2.05, 4.69) is 15.0 Å². The quantitative estimate of drug-likeness (QED) is 0.258. The Kier molecular flexibility index (Phi) is 6.93.